The maximum Gasteiger partial charge on any atom is 0.284 e. The second-order valence-electron chi connectivity index (χ2n) is 6.45. The van der Waals surface area contributed by atoms with Gasteiger partial charge in [0.2, 0.25) is 0 Å². The number of carbonyl (C=O) groups excluding carboxylic acids is 1. The van der Waals surface area contributed by atoms with Gasteiger partial charge in [-0.1, -0.05) is 59.2 Å². The molecule has 1 atom stereocenters. The minimum Gasteiger partial charge on any atom is -0.467 e. The molecule has 2 heterocycles. The van der Waals surface area contributed by atoms with Crippen molar-refractivity contribution in [2.75, 3.05) is 6.61 Å². The van der Waals surface area contributed by atoms with Gasteiger partial charge in [0, 0.05) is 11.4 Å². The molecular weight excluding hydrogens is 390 g/mol. The van der Waals surface area contributed by atoms with E-state index in [1.807, 2.05) is 48.5 Å². The zero-order valence-electron chi connectivity index (χ0n) is 15.4. The second-order valence-corrected chi connectivity index (χ2v) is 6.88. The number of rotatable bonds is 6. The van der Waals surface area contributed by atoms with E-state index < -0.39 is 0 Å². The highest BCUT2D eigenvalue weighted by Gasteiger charge is 2.35. The van der Waals surface area contributed by atoms with Gasteiger partial charge in [0.05, 0.1) is 18.2 Å². The summed E-state index contributed by atoms with van der Waals surface area (Å²) in [6.07, 6.45) is 3.68. The molecule has 0 fully saturated rings. The Morgan fingerprint density at radius 1 is 1.17 bits per heavy atom. The van der Waals surface area contributed by atoms with Crippen LogP contribution >= 0.6 is 11.6 Å². The lowest BCUT2D eigenvalue weighted by Crippen LogP contribution is -2.29. The third-order valence-electron chi connectivity index (χ3n) is 4.48. The van der Waals surface area contributed by atoms with Crippen molar-refractivity contribution in [3.63, 3.8) is 0 Å². The molecule has 4 rings (SSSR count). The van der Waals surface area contributed by atoms with Gasteiger partial charge in [-0.3, -0.25) is 4.79 Å². The molecule has 1 amide bonds. The summed E-state index contributed by atoms with van der Waals surface area (Å²) in [6.45, 7) is -0.224. The number of oxime groups is 1. The molecule has 0 aliphatic carbocycles. The van der Waals surface area contributed by atoms with Crippen molar-refractivity contribution in [3.05, 3.63) is 94.9 Å². The molecule has 146 valence electrons. The van der Waals surface area contributed by atoms with Gasteiger partial charge in [-0.2, -0.15) is 5.10 Å². The maximum atomic E-state index is 12.8. The summed E-state index contributed by atoms with van der Waals surface area (Å²) in [5.74, 6) is 0.361. The number of nitrogens with zero attached hydrogens (tertiary/aromatic N) is 3. The standard InChI is InChI=1S/C22H18ClN3O3/c23-18-10-8-17(9-11-18)19-13-20(21-7-4-12-28-21)26(25-19)22(27)15-29-24-14-16-5-2-1-3-6-16/h1-12,14,20H,13,15H2/b24-14+. The second kappa shape index (κ2) is 8.75. The molecule has 2 aromatic carbocycles. The van der Waals surface area contributed by atoms with Crippen molar-refractivity contribution in [1.82, 2.24) is 5.01 Å². The number of hydrazone groups is 1. The van der Waals surface area contributed by atoms with Crippen molar-refractivity contribution in [2.45, 2.75) is 12.5 Å². The topological polar surface area (TPSA) is 67.4 Å². The Kier molecular flexibility index (Phi) is 5.72. The number of hydrogen-bond acceptors (Lipinski definition) is 5. The van der Waals surface area contributed by atoms with Crippen LogP contribution in [0.25, 0.3) is 0 Å². The molecule has 1 aliphatic rings. The number of amides is 1. The lowest BCUT2D eigenvalue weighted by Gasteiger charge is -2.19. The molecule has 0 spiro atoms. The quantitative estimate of drug-likeness (QED) is 0.440. The van der Waals surface area contributed by atoms with E-state index in [2.05, 4.69) is 10.3 Å². The average molecular weight is 408 g/mol. The van der Waals surface area contributed by atoms with E-state index in [-0.39, 0.29) is 18.6 Å². The van der Waals surface area contributed by atoms with Gasteiger partial charge >= 0.3 is 0 Å². The van der Waals surface area contributed by atoms with Crippen LogP contribution < -0.4 is 0 Å². The first kappa shape index (κ1) is 19.0. The van der Waals surface area contributed by atoms with E-state index in [4.69, 9.17) is 20.9 Å². The molecule has 0 saturated heterocycles. The van der Waals surface area contributed by atoms with Crippen LogP contribution in [0.2, 0.25) is 5.02 Å². The Labute approximate surface area is 173 Å². The van der Waals surface area contributed by atoms with E-state index in [1.165, 1.54) is 5.01 Å². The van der Waals surface area contributed by atoms with Crippen LogP contribution in [0.4, 0.5) is 0 Å². The number of furan rings is 1. The van der Waals surface area contributed by atoms with Crippen LogP contribution in [0, 0.1) is 0 Å². The summed E-state index contributed by atoms with van der Waals surface area (Å²) >= 11 is 5.97. The summed E-state index contributed by atoms with van der Waals surface area (Å²) in [5, 5.41) is 10.4. The number of hydrogen-bond donors (Lipinski definition) is 0. The molecule has 1 unspecified atom stereocenters. The molecular formula is C22H18ClN3O3. The summed E-state index contributed by atoms with van der Waals surface area (Å²) in [4.78, 5) is 17.9. The molecule has 29 heavy (non-hydrogen) atoms. The van der Waals surface area contributed by atoms with Crippen molar-refractivity contribution < 1.29 is 14.0 Å². The Hall–Kier alpha value is -3.38. The fraction of sp³-hybridized carbons (Fsp3) is 0.136. The Morgan fingerprint density at radius 3 is 2.69 bits per heavy atom. The third-order valence-corrected chi connectivity index (χ3v) is 4.73. The summed E-state index contributed by atoms with van der Waals surface area (Å²) < 4.78 is 5.53. The molecule has 0 saturated carbocycles. The maximum absolute atomic E-state index is 12.8. The molecule has 0 N–H and O–H groups in total. The Morgan fingerprint density at radius 2 is 1.97 bits per heavy atom. The van der Waals surface area contributed by atoms with Crippen LogP contribution in [0.3, 0.4) is 0 Å². The van der Waals surface area contributed by atoms with E-state index in [0.717, 1.165) is 16.8 Å². The minimum absolute atomic E-state index is 0.224. The van der Waals surface area contributed by atoms with Gasteiger partial charge in [-0.05, 0) is 35.4 Å². The predicted molar refractivity (Wildman–Crippen MR) is 111 cm³/mol. The predicted octanol–water partition coefficient (Wildman–Crippen LogP) is 4.66. The van der Waals surface area contributed by atoms with Crippen LogP contribution in [-0.4, -0.2) is 29.4 Å². The summed E-state index contributed by atoms with van der Waals surface area (Å²) in [6, 6.07) is 20.2. The van der Waals surface area contributed by atoms with Gasteiger partial charge in [-0.25, -0.2) is 5.01 Å². The first-order valence-corrected chi connectivity index (χ1v) is 9.48. The number of halogens is 1. The molecule has 1 aliphatic heterocycles. The van der Waals surface area contributed by atoms with E-state index in [0.29, 0.717) is 17.2 Å². The highest BCUT2D eigenvalue weighted by Crippen LogP contribution is 2.33. The van der Waals surface area contributed by atoms with Crippen molar-refractivity contribution in [1.29, 1.82) is 0 Å². The van der Waals surface area contributed by atoms with E-state index >= 15 is 0 Å². The van der Waals surface area contributed by atoms with Gasteiger partial charge in [-0.15, -0.1) is 0 Å². The van der Waals surface area contributed by atoms with Gasteiger partial charge in [0.15, 0.2) is 6.61 Å². The van der Waals surface area contributed by atoms with Gasteiger partial charge < -0.3 is 9.25 Å². The van der Waals surface area contributed by atoms with Crippen LogP contribution in [0.5, 0.6) is 0 Å². The summed E-state index contributed by atoms with van der Waals surface area (Å²) in [5.41, 5.74) is 2.58. The first-order chi connectivity index (χ1) is 14.2. The average Bonchev–Trinajstić information content (AvgIpc) is 3.42. The molecule has 7 heteroatoms. The smallest absolute Gasteiger partial charge is 0.284 e. The highest BCUT2D eigenvalue weighted by atomic mass is 35.5. The third kappa shape index (κ3) is 4.55. The van der Waals surface area contributed by atoms with E-state index in [1.54, 1.807) is 30.7 Å². The SMILES string of the molecule is O=C(CO/N=C/c1ccccc1)N1N=C(c2ccc(Cl)cc2)CC1c1ccco1. The van der Waals surface area contributed by atoms with Crippen LogP contribution in [0.1, 0.15) is 29.3 Å². The fourth-order valence-corrected chi connectivity index (χ4v) is 3.18. The molecule has 6 nitrogen and oxygen atoms in total. The van der Waals surface area contributed by atoms with E-state index in [9.17, 15) is 4.79 Å². The zero-order chi connectivity index (χ0) is 20.1. The van der Waals surface area contributed by atoms with Crippen molar-refractivity contribution in [2.24, 2.45) is 10.3 Å². The van der Waals surface area contributed by atoms with Gasteiger partial charge in [0.1, 0.15) is 11.8 Å². The highest BCUT2D eigenvalue weighted by molar-refractivity contribution is 6.30. The summed E-state index contributed by atoms with van der Waals surface area (Å²) in [7, 11) is 0. The molecule has 0 radical (unpaired) electrons. The lowest BCUT2D eigenvalue weighted by molar-refractivity contribution is -0.138. The molecule has 0 bridgehead atoms. The number of benzene rings is 2. The molecule has 3 aromatic rings. The fourth-order valence-electron chi connectivity index (χ4n) is 3.06. The zero-order valence-corrected chi connectivity index (χ0v) is 16.2. The van der Waals surface area contributed by atoms with Crippen molar-refractivity contribution >= 4 is 29.4 Å². The van der Waals surface area contributed by atoms with Crippen LogP contribution in [-0.2, 0) is 9.63 Å². The Bertz CT molecular complexity index is 1020. The first-order valence-electron chi connectivity index (χ1n) is 9.10. The van der Waals surface area contributed by atoms with Crippen molar-refractivity contribution in [3.8, 4) is 0 Å². The normalized spacial score (nSPS) is 16.2. The number of carbonyl (C=O) groups is 1. The molecule has 1 aromatic heterocycles. The lowest BCUT2D eigenvalue weighted by atomic mass is 10.0. The minimum atomic E-state index is -0.329. The Balaban J connectivity index is 1.47. The van der Waals surface area contributed by atoms with Crippen LogP contribution in [0.15, 0.2) is 87.7 Å². The monoisotopic (exact) mass is 407 g/mol. The van der Waals surface area contributed by atoms with Gasteiger partial charge in [0.25, 0.3) is 5.91 Å². The largest absolute Gasteiger partial charge is 0.467 e.